The summed E-state index contributed by atoms with van der Waals surface area (Å²) in [6.07, 6.45) is 0.0450. The van der Waals surface area contributed by atoms with Crippen molar-refractivity contribution in [1.82, 2.24) is 0 Å². The van der Waals surface area contributed by atoms with Gasteiger partial charge in [-0.05, 0) is 19.1 Å². The highest BCUT2D eigenvalue weighted by Crippen LogP contribution is 2.40. The molecule has 1 heterocycles. The predicted molar refractivity (Wildman–Crippen MR) is 74.8 cm³/mol. The van der Waals surface area contributed by atoms with Crippen molar-refractivity contribution in [1.29, 1.82) is 0 Å². The number of ether oxygens (including phenoxy) is 1. The van der Waals surface area contributed by atoms with Crippen LogP contribution in [-0.2, 0) is 10.4 Å². The van der Waals surface area contributed by atoms with Gasteiger partial charge in [0.15, 0.2) is 17.2 Å². The zero-order valence-electron chi connectivity index (χ0n) is 11.1. The zero-order valence-corrected chi connectivity index (χ0v) is 11.1. The van der Waals surface area contributed by atoms with E-state index in [4.69, 9.17) is 4.74 Å². The molecule has 20 heavy (non-hydrogen) atoms. The maximum Gasteiger partial charge on any atom is 0.199 e. The third-order valence-electron chi connectivity index (χ3n) is 3.69. The fourth-order valence-electron chi connectivity index (χ4n) is 2.60. The molecule has 1 aliphatic heterocycles. The van der Waals surface area contributed by atoms with Gasteiger partial charge in [0.25, 0.3) is 0 Å². The SMILES string of the molecule is CC(=O)C1(c2ccccc2)CC(=O)c2ccccc2O1. The van der Waals surface area contributed by atoms with Gasteiger partial charge in [0.2, 0.25) is 0 Å². The van der Waals surface area contributed by atoms with Crippen molar-refractivity contribution in [2.75, 3.05) is 0 Å². The van der Waals surface area contributed by atoms with Gasteiger partial charge in [-0.2, -0.15) is 0 Å². The highest BCUT2D eigenvalue weighted by molar-refractivity contribution is 6.04. The summed E-state index contributed by atoms with van der Waals surface area (Å²) in [5.41, 5.74) is 0.0582. The van der Waals surface area contributed by atoms with Crippen LogP contribution >= 0.6 is 0 Å². The molecule has 0 fully saturated rings. The molecule has 0 spiro atoms. The molecule has 3 nitrogen and oxygen atoms in total. The van der Waals surface area contributed by atoms with Gasteiger partial charge in [-0.3, -0.25) is 9.59 Å². The first kappa shape index (κ1) is 12.6. The van der Waals surface area contributed by atoms with Crippen molar-refractivity contribution >= 4 is 11.6 Å². The summed E-state index contributed by atoms with van der Waals surface area (Å²) in [4.78, 5) is 24.5. The Balaban J connectivity index is 2.16. The van der Waals surface area contributed by atoms with Crippen LogP contribution in [0.15, 0.2) is 54.6 Å². The lowest BCUT2D eigenvalue weighted by atomic mass is 9.81. The van der Waals surface area contributed by atoms with Crippen LogP contribution in [0.4, 0.5) is 0 Å². The highest BCUT2D eigenvalue weighted by Gasteiger charge is 2.46. The average molecular weight is 266 g/mol. The summed E-state index contributed by atoms with van der Waals surface area (Å²) in [6, 6.07) is 16.3. The maximum atomic E-state index is 12.3. The second-order valence-electron chi connectivity index (χ2n) is 4.95. The van der Waals surface area contributed by atoms with Crippen molar-refractivity contribution in [3.8, 4) is 5.75 Å². The van der Waals surface area contributed by atoms with Gasteiger partial charge in [0.05, 0.1) is 12.0 Å². The molecule has 0 aliphatic carbocycles. The van der Waals surface area contributed by atoms with Crippen LogP contribution in [-0.4, -0.2) is 11.6 Å². The monoisotopic (exact) mass is 266 g/mol. The Bertz CT molecular complexity index is 676. The summed E-state index contributed by atoms with van der Waals surface area (Å²) in [5, 5.41) is 0. The molecule has 3 heteroatoms. The summed E-state index contributed by atoms with van der Waals surface area (Å²) in [6.45, 7) is 1.47. The van der Waals surface area contributed by atoms with E-state index in [0.717, 1.165) is 5.56 Å². The molecule has 0 N–H and O–H groups in total. The van der Waals surface area contributed by atoms with Crippen LogP contribution in [0, 0.1) is 0 Å². The first-order valence-electron chi connectivity index (χ1n) is 6.51. The Hall–Kier alpha value is -2.42. The number of rotatable bonds is 2. The third kappa shape index (κ3) is 1.83. The Morgan fingerprint density at radius 1 is 1.05 bits per heavy atom. The van der Waals surface area contributed by atoms with E-state index in [-0.39, 0.29) is 18.0 Å². The molecule has 1 atom stereocenters. The van der Waals surface area contributed by atoms with E-state index < -0.39 is 5.60 Å². The lowest BCUT2D eigenvalue weighted by Gasteiger charge is -2.36. The number of carbonyl (C=O) groups is 2. The Labute approximate surface area is 117 Å². The van der Waals surface area contributed by atoms with Crippen molar-refractivity contribution in [2.45, 2.75) is 18.9 Å². The van der Waals surface area contributed by atoms with E-state index >= 15 is 0 Å². The van der Waals surface area contributed by atoms with Crippen LogP contribution in [0.1, 0.15) is 29.3 Å². The lowest BCUT2D eigenvalue weighted by Crippen LogP contribution is -2.45. The summed E-state index contributed by atoms with van der Waals surface area (Å²) >= 11 is 0. The zero-order chi connectivity index (χ0) is 14.2. The minimum atomic E-state index is -1.20. The number of para-hydroxylation sites is 1. The predicted octanol–water partition coefficient (Wildman–Crippen LogP) is 3.14. The molecular formula is C17H14O3. The van der Waals surface area contributed by atoms with Crippen molar-refractivity contribution in [3.63, 3.8) is 0 Å². The molecule has 0 aromatic heterocycles. The molecule has 100 valence electrons. The number of Topliss-reactive ketones (excluding diaryl/α,β-unsaturated/α-hetero) is 2. The van der Waals surface area contributed by atoms with Gasteiger partial charge in [0.1, 0.15) is 5.75 Å². The van der Waals surface area contributed by atoms with E-state index in [0.29, 0.717) is 11.3 Å². The van der Waals surface area contributed by atoms with Gasteiger partial charge < -0.3 is 4.74 Å². The van der Waals surface area contributed by atoms with Gasteiger partial charge in [-0.1, -0.05) is 42.5 Å². The van der Waals surface area contributed by atoms with E-state index in [1.807, 2.05) is 30.3 Å². The Kier molecular flexibility index (Phi) is 2.90. The second-order valence-corrected chi connectivity index (χ2v) is 4.95. The first-order valence-corrected chi connectivity index (χ1v) is 6.51. The molecule has 0 saturated heterocycles. The number of hydrogen-bond acceptors (Lipinski definition) is 3. The number of benzene rings is 2. The van der Waals surface area contributed by atoms with Crippen LogP contribution < -0.4 is 4.74 Å². The molecule has 0 saturated carbocycles. The fraction of sp³-hybridized carbons (Fsp3) is 0.176. The van der Waals surface area contributed by atoms with E-state index in [1.165, 1.54) is 6.92 Å². The minimum Gasteiger partial charge on any atom is -0.473 e. The quantitative estimate of drug-likeness (QED) is 0.838. The molecule has 2 aromatic rings. The van der Waals surface area contributed by atoms with Crippen LogP contribution in [0.25, 0.3) is 0 Å². The van der Waals surface area contributed by atoms with Crippen LogP contribution in [0.5, 0.6) is 5.75 Å². The summed E-state index contributed by atoms with van der Waals surface area (Å²) in [7, 11) is 0. The number of hydrogen-bond donors (Lipinski definition) is 0. The van der Waals surface area contributed by atoms with E-state index in [2.05, 4.69) is 0 Å². The maximum absolute atomic E-state index is 12.3. The minimum absolute atomic E-state index is 0.0450. The standard InChI is InChI=1S/C17H14O3/c1-12(18)17(13-7-3-2-4-8-13)11-15(19)14-9-5-6-10-16(14)20-17/h2-10H,11H2,1H3. The van der Waals surface area contributed by atoms with Gasteiger partial charge >= 0.3 is 0 Å². The largest absolute Gasteiger partial charge is 0.473 e. The lowest BCUT2D eigenvalue weighted by molar-refractivity contribution is -0.133. The first-order chi connectivity index (χ1) is 9.63. The summed E-state index contributed by atoms with van der Waals surface area (Å²) < 4.78 is 5.97. The molecule has 0 amide bonds. The van der Waals surface area contributed by atoms with Crippen molar-refractivity contribution in [3.05, 3.63) is 65.7 Å². The topological polar surface area (TPSA) is 43.4 Å². The molecule has 3 rings (SSSR count). The fourth-order valence-corrected chi connectivity index (χ4v) is 2.60. The third-order valence-corrected chi connectivity index (χ3v) is 3.69. The molecule has 1 unspecified atom stereocenters. The van der Waals surface area contributed by atoms with Gasteiger partial charge in [-0.25, -0.2) is 0 Å². The Morgan fingerprint density at radius 2 is 1.70 bits per heavy atom. The normalized spacial score (nSPS) is 20.9. The molecule has 0 radical (unpaired) electrons. The van der Waals surface area contributed by atoms with Crippen molar-refractivity contribution < 1.29 is 14.3 Å². The second kappa shape index (κ2) is 4.60. The number of carbonyl (C=O) groups excluding carboxylic acids is 2. The van der Waals surface area contributed by atoms with E-state index in [9.17, 15) is 9.59 Å². The highest BCUT2D eigenvalue weighted by atomic mass is 16.5. The number of ketones is 2. The van der Waals surface area contributed by atoms with Gasteiger partial charge in [0, 0.05) is 5.56 Å². The average Bonchev–Trinajstić information content (AvgIpc) is 2.48. The number of fused-ring (bicyclic) bond motifs is 1. The molecule has 1 aliphatic rings. The Morgan fingerprint density at radius 3 is 2.40 bits per heavy atom. The van der Waals surface area contributed by atoms with Crippen molar-refractivity contribution in [2.24, 2.45) is 0 Å². The molecule has 2 aromatic carbocycles. The summed E-state index contributed by atoms with van der Waals surface area (Å²) in [5.74, 6) is 0.250. The molecule has 0 bridgehead atoms. The van der Waals surface area contributed by atoms with E-state index in [1.54, 1.807) is 24.3 Å². The smallest absolute Gasteiger partial charge is 0.199 e. The molecular weight excluding hydrogens is 252 g/mol. The van der Waals surface area contributed by atoms with Crippen LogP contribution in [0.3, 0.4) is 0 Å². The van der Waals surface area contributed by atoms with Crippen LogP contribution in [0.2, 0.25) is 0 Å². The van der Waals surface area contributed by atoms with Gasteiger partial charge in [-0.15, -0.1) is 0 Å².